The minimum absolute atomic E-state index is 0.0211. The summed E-state index contributed by atoms with van der Waals surface area (Å²) in [6.07, 6.45) is 3.09. The van der Waals surface area contributed by atoms with Crippen LogP contribution in [0.5, 0.6) is 0 Å². The van der Waals surface area contributed by atoms with E-state index in [2.05, 4.69) is 26.2 Å². The van der Waals surface area contributed by atoms with Crippen molar-refractivity contribution in [2.45, 2.75) is 31.8 Å². The Morgan fingerprint density at radius 1 is 1.65 bits per heavy atom. The Kier molecular flexibility index (Phi) is 3.30. The molecule has 0 radical (unpaired) electrons. The van der Waals surface area contributed by atoms with Crippen LogP contribution in [0.3, 0.4) is 0 Å². The minimum Gasteiger partial charge on any atom is -0.366 e. The van der Waals surface area contributed by atoms with Gasteiger partial charge in [-0.2, -0.15) is 0 Å². The third-order valence-electron chi connectivity index (χ3n) is 2.95. The summed E-state index contributed by atoms with van der Waals surface area (Å²) in [6.45, 7) is 1.70. The van der Waals surface area contributed by atoms with E-state index in [1.165, 1.54) is 6.20 Å². The lowest BCUT2D eigenvalue weighted by Gasteiger charge is -2.33. The van der Waals surface area contributed by atoms with E-state index >= 15 is 0 Å². The number of rotatable bonds is 3. The van der Waals surface area contributed by atoms with Gasteiger partial charge >= 0.3 is 0 Å². The van der Waals surface area contributed by atoms with Gasteiger partial charge in [-0.05, 0) is 35.7 Å². The van der Waals surface area contributed by atoms with Gasteiger partial charge in [-0.1, -0.05) is 0 Å². The molecular formula is C10H13BrN4O2. The Morgan fingerprint density at radius 3 is 2.82 bits per heavy atom. The van der Waals surface area contributed by atoms with Crippen molar-refractivity contribution in [1.82, 2.24) is 4.98 Å². The van der Waals surface area contributed by atoms with Gasteiger partial charge in [0, 0.05) is 17.6 Å². The van der Waals surface area contributed by atoms with Crippen molar-refractivity contribution in [3.8, 4) is 0 Å². The quantitative estimate of drug-likeness (QED) is 0.657. The summed E-state index contributed by atoms with van der Waals surface area (Å²) in [4.78, 5) is 14.4. The Morgan fingerprint density at radius 2 is 2.29 bits per heavy atom. The van der Waals surface area contributed by atoms with E-state index in [9.17, 15) is 10.1 Å². The predicted molar refractivity (Wildman–Crippen MR) is 67.9 cm³/mol. The molecule has 1 aliphatic carbocycles. The van der Waals surface area contributed by atoms with Crippen LogP contribution in [-0.2, 0) is 0 Å². The second-order valence-corrected chi connectivity index (χ2v) is 5.05. The van der Waals surface area contributed by atoms with Gasteiger partial charge in [0.15, 0.2) is 0 Å². The number of hydrogen-bond acceptors (Lipinski definition) is 5. The number of nitrogens with zero attached hydrogens (tertiary/aromatic N) is 2. The molecule has 1 aromatic heterocycles. The predicted octanol–water partition coefficient (Wildman–Crippen LogP) is 1.96. The Balaban J connectivity index is 2.19. The maximum atomic E-state index is 10.7. The normalized spacial score (nSPS) is 23.0. The number of halogens is 1. The molecule has 7 heteroatoms. The molecule has 17 heavy (non-hydrogen) atoms. The molecule has 1 saturated carbocycles. The summed E-state index contributed by atoms with van der Waals surface area (Å²) in [5.41, 5.74) is 6.29. The molecule has 0 spiro atoms. The van der Waals surface area contributed by atoms with Crippen molar-refractivity contribution >= 4 is 27.4 Å². The van der Waals surface area contributed by atoms with Crippen LogP contribution in [0.2, 0.25) is 0 Å². The van der Waals surface area contributed by atoms with Crippen molar-refractivity contribution in [2.75, 3.05) is 5.32 Å². The summed E-state index contributed by atoms with van der Waals surface area (Å²) in [5, 5.41) is 13.9. The number of hydrogen-bond donors (Lipinski definition) is 2. The molecule has 0 amide bonds. The average molecular weight is 301 g/mol. The fourth-order valence-corrected chi connectivity index (χ4v) is 2.25. The van der Waals surface area contributed by atoms with Crippen LogP contribution in [-0.4, -0.2) is 22.0 Å². The maximum absolute atomic E-state index is 10.7. The lowest BCUT2D eigenvalue weighted by atomic mass is 9.88. The topological polar surface area (TPSA) is 94.1 Å². The first-order chi connectivity index (χ1) is 7.99. The van der Waals surface area contributed by atoms with Crippen molar-refractivity contribution in [2.24, 2.45) is 5.73 Å². The molecule has 0 aromatic carbocycles. The fourth-order valence-electron chi connectivity index (χ4n) is 1.83. The highest BCUT2D eigenvalue weighted by molar-refractivity contribution is 9.10. The fraction of sp³-hybridized carbons (Fsp3) is 0.500. The van der Waals surface area contributed by atoms with Gasteiger partial charge in [0.2, 0.25) is 0 Å². The summed E-state index contributed by atoms with van der Waals surface area (Å²) in [6, 6.07) is 0.570. The molecule has 0 atom stereocenters. The molecule has 92 valence electrons. The van der Waals surface area contributed by atoms with E-state index in [-0.39, 0.29) is 11.7 Å². The molecule has 1 aliphatic rings. The number of pyridine rings is 1. The van der Waals surface area contributed by atoms with Crippen molar-refractivity contribution in [1.29, 1.82) is 0 Å². The van der Waals surface area contributed by atoms with E-state index in [1.54, 1.807) is 6.92 Å². The van der Waals surface area contributed by atoms with Crippen LogP contribution in [0.1, 0.15) is 18.4 Å². The molecule has 3 N–H and O–H groups in total. The van der Waals surface area contributed by atoms with Crippen LogP contribution in [0.4, 0.5) is 11.5 Å². The molecule has 2 rings (SSSR count). The van der Waals surface area contributed by atoms with Gasteiger partial charge in [0.05, 0.1) is 9.40 Å². The van der Waals surface area contributed by atoms with E-state index < -0.39 is 4.92 Å². The lowest BCUT2D eigenvalue weighted by Crippen LogP contribution is -2.44. The number of aromatic nitrogens is 1. The van der Waals surface area contributed by atoms with Crippen molar-refractivity contribution in [3.63, 3.8) is 0 Å². The smallest absolute Gasteiger partial charge is 0.291 e. The highest BCUT2D eigenvalue weighted by Gasteiger charge is 2.27. The highest BCUT2D eigenvalue weighted by atomic mass is 79.9. The highest BCUT2D eigenvalue weighted by Crippen LogP contribution is 2.32. The number of nitro groups is 1. The molecule has 0 bridgehead atoms. The van der Waals surface area contributed by atoms with Crippen LogP contribution >= 0.6 is 15.9 Å². The van der Waals surface area contributed by atoms with Gasteiger partial charge in [-0.15, -0.1) is 0 Å². The Bertz CT molecular complexity index is 460. The van der Waals surface area contributed by atoms with Gasteiger partial charge < -0.3 is 11.1 Å². The van der Waals surface area contributed by atoms with Crippen molar-refractivity contribution in [3.05, 3.63) is 26.3 Å². The summed E-state index contributed by atoms with van der Waals surface area (Å²) in [5.74, 6) is 0.644. The first-order valence-corrected chi connectivity index (χ1v) is 6.10. The largest absolute Gasteiger partial charge is 0.366 e. The maximum Gasteiger partial charge on any atom is 0.291 e. The zero-order valence-electron chi connectivity index (χ0n) is 9.31. The van der Waals surface area contributed by atoms with Crippen LogP contribution in [0.15, 0.2) is 10.7 Å². The van der Waals surface area contributed by atoms with Gasteiger partial charge in [-0.3, -0.25) is 10.1 Å². The molecular weight excluding hydrogens is 288 g/mol. The van der Waals surface area contributed by atoms with Crippen molar-refractivity contribution < 1.29 is 4.92 Å². The zero-order chi connectivity index (χ0) is 12.6. The molecule has 0 aliphatic heterocycles. The van der Waals surface area contributed by atoms with Gasteiger partial charge in [0.1, 0.15) is 12.0 Å². The second-order valence-electron chi connectivity index (χ2n) is 4.26. The van der Waals surface area contributed by atoms with E-state index in [0.717, 1.165) is 12.8 Å². The number of nitrogens with two attached hydrogens (primary N) is 1. The first-order valence-electron chi connectivity index (χ1n) is 5.30. The summed E-state index contributed by atoms with van der Waals surface area (Å²) < 4.78 is 0.646. The molecule has 1 heterocycles. The monoisotopic (exact) mass is 300 g/mol. The first kappa shape index (κ1) is 12.3. The average Bonchev–Trinajstić information content (AvgIpc) is 2.22. The standard InChI is InChI=1S/C10H13BrN4O2/c1-5-8(15(16)17)4-13-10(9(5)11)14-7-2-6(12)3-7/h4,6-7H,2-3,12H2,1H3,(H,13,14). The molecule has 1 aromatic rings. The SMILES string of the molecule is Cc1c([N+](=O)[O-])cnc(NC2CC(N)C2)c1Br. The van der Waals surface area contributed by atoms with Crippen LogP contribution in [0.25, 0.3) is 0 Å². The minimum atomic E-state index is -0.434. The van der Waals surface area contributed by atoms with E-state index in [4.69, 9.17) is 5.73 Å². The number of anilines is 1. The van der Waals surface area contributed by atoms with E-state index in [1.807, 2.05) is 0 Å². The zero-order valence-corrected chi connectivity index (χ0v) is 10.9. The Labute approximate surface area is 107 Å². The molecule has 6 nitrogen and oxygen atoms in total. The summed E-state index contributed by atoms with van der Waals surface area (Å²) >= 11 is 3.34. The third-order valence-corrected chi connectivity index (χ3v) is 3.92. The van der Waals surface area contributed by atoms with Crippen LogP contribution in [0, 0.1) is 17.0 Å². The van der Waals surface area contributed by atoms with Gasteiger partial charge in [0.25, 0.3) is 5.69 Å². The Hall–Kier alpha value is -1.21. The third kappa shape index (κ3) is 2.39. The summed E-state index contributed by atoms with van der Waals surface area (Å²) in [7, 11) is 0. The molecule has 0 saturated heterocycles. The number of nitrogens with one attached hydrogen (secondary N) is 1. The molecule has 1 fully saturated rings. The van der Waals surface area contributed by atoms with Gasteiger partial charge in [-0.25, -0.2) is 4.98 Å². The van der Waals surface area contributed by atoms with Crippen LogP contribution < -0.4 is 11.1 Å². The van der Waals surface area contributed by atoms with E-state index in [0.29, 0.717) is 21.9 Å². The molecule has 0 unspecified atom stereocenters. The lowest BCUT2D eigenvalue weighted by molar-refractivity contribution is -0.385. The second kappa shape index (κ2) is 4.58.